The molecule has 190 valence electrons. The molecular weight excluding hydrogens is 547 g/mol. The smallest absolute Gasteiger partial charge is 0.147 e. The number of ether oxygens (including phenoxy) is 1. The first-order valence-electron chi connectivity index (χ1n) is 12.3. The molecule has 6 rings (SSSR count). The van der Waals surface area contributed by atoms with Gasteiger partial charge in [-0.3, -0.25) is 5.14 Å². The highest BCUT2D eigenvalue weighted by Gasteiger charge is 2.34. The molecule has 4 aromatic rings. The molecule has 0 bridgehead atoms. The zero-order chi connectivity index (χ0) is 25.5. The van der Waals surface area contributed by atoms with Gasteiger partial charge in [-0.2, -0.15) is 0 Å². The van der Waals surface area contributed by atoms with Crippen LogP contribution in [-0.2, 0) is 6.61 Å². The third-order valence-electron chi connectivity index (χ3n) is 7.36. The van der Waals surface area contributed by atoms with Crippen LogP contribution >= 0.6 is 46.8 Å². The lowest BCUT2D eigenvalue weighted by Gasteiger charge is -2.36. The first-order valence-corrected chi connectivity index (χ1v) is 14.3. The fourth-order valence-corrected chi connectivity index (χ4v) is 6.38. The van der Waals surface area contributed by atoms with Crippen molar-refractivity contribution in [3.05, 3.63) is 98.2 Å². The molecule has 0 radical (unpaired) electrons. The number of benzene rings is 3. The summed E-state index contributed by atoms with van der Waals surface area (Å²) in [5.74, 6) is 2.90. The highest BCUT2D eigenvalue weighted by molar-refractivity contribution is 7.97. The van der Waals surface area contributed by atoms with Gasteiger partial charge in [-0.1, -0.05) is 64.2 Å². The molecule has 0 unspecified atom stereocenters. The van der Waals surface area contributed by atoms with Gasteiger partial charge in [0.1, 0.15) is 23.8 Å². The van der Waals surface area contributed by atoms with Gasteiger partial charge in [-0.15, -0.1) is 0 Å². The minimum atomic E-state index is 0.295. The van der Waals surface area contributed by atoms with Crippen molar-refractivity contribution in [2.24, 2.45) is 5.14 Å². The number of rotatable bonds is 8. The monoisotopic (exact) mass is 570 g/mol. The summed E-state index contributed by atoms with van der Waals surface area (Å²) in [6, 6.07) is 19.9. The van der Waals surface area contributed by atoms with E-state index in [9.17, 15) is 0 Å². The molecule has 1 heterocycles. The maximum absolute atomic E-state index is 6.73. The number of hydrogen-bond donors (Lipinski definition) is 1. The molecule has 37 heavy (non-hydrogen) atoms. The summed E-state index contributed by atoms with van der Waals surface area (Å²) in [4.78, 5) is 1.10. The van der Waals surface area contributed by atoms with Crippen molar-refractivity contribution >= 4 is 46.8 Å². The Morgan fingerprint density at radius 1 is 0.892 bits per heavy atom. The molecule has 2 fully saturated rings. The Hall–Kier alpha value is -2.15. The normalized spacial score (nSPS) is 19.0. The van der Waals surface area contributed by atoms with Crippen molar-refractivity contribution in [1.29, 1.82) is 0 Å². The molecule has 0 saturated heterocycles. The molecular formula is C29H25Cl3N2O2S. The van der Waals surface area contributed by atoms with Crippen LogP contribution in [0.1, 0.15) is 65.9 Å². The van der Waals surface area contributed by atoms with E-state index in [1.165, 1.54) is 23.1 Å². The molecule has 3 aromatic carbocycles. The van der Waals surface area contributed by atoms with E-state index < -0.39 is 0 Å². The Kier molecular flexibility index (Phi) is 7.17. The summed E-state index contributed by atoms with van der Waals surface area (Å²) in [5.41, 5.74) is 4.71. The summed E-state index contributed by atoms with van der Waals surface area (Å²) in [6.45, 7) is 0.295. The molecule has 8 heteroatoms. The van der Waals surface area contributed by atoms with Crippen LogP contribution in [0.25, 0.3) is 11.3 Å². The number of aromatic nitrogens is 1. The van der Waals surface area contributed by atoms with E-state index in [1.54, 1.807) is 12.1 Å². The minimum absolute atomic E-state index is 0.295. The molecule has 1 aromatic heterocycles. The van der Waals surface area contributed by atoms with Gasteiger partial charge < -0.3 is 9.26 Å². The number of halogens is 3. The largest absolute Gasteiger partial charge is 0.489 e. The zero-order valence-electron chi connectivity index (χ0n) is 19.9. The lowest BCUT2D eigenvalue weighted by molar-refractivity contribution is 0.300. The molecule has 2 aliphatic rings. The second-order valence-corrected chi connectivity index (χ2v) is 11.7. The Balaban J connectivity index is 1.17. The molecule has 2 N–H and O–H groups in total. The van der Waals surface area contributed by atoms with Crippen LogP contribution in [0, 0.1) is 0 Å². The first-order chi connectivity index (χ1) is 18.0. The van der Waals surface area contributed by atoms with Crippen LogP contribution < -0.4 is 9.88 Å². The topological polar surface area (TPSA) is 61.3 Å². The number of nitrogens with two attached hydrogens (primary N) is 1. The second-order valence-electron chi connectivity index (χ2n) is 9.77. The molecule has 2 saturated carbocycles. The van der Waals surface area contributed by atoms with Crippen molar-refractivity contribution < 1.29 is 9.26 Å². The fraction of sp³-hybridized carbons (Fsp3) is 0.276. The molecule has 0 aliphatic heterocycles. The van der Waals surface area contributed by atoms with Gasteiger partial charge in [0.25, 0.3) is 0 Å². The maximum Gasteiger partial charge on any atom is 0.147 e. The van der Waals surface area contributed by atoms with E-state index in [2.05, 4.69) is 29.4 Å². The zero-order valence-corrected chi connectivity index (χ0v) is 23.0. The third kappa shape index (κ3) is 5.13. The van der Waals surface area contributed by atoms with Gasteiger partial charge >= 0.3 is 0 Å². The SMILES string of the molecule is NSc1cccc(C2CC(c3ccc(OCc4c(-c5c(Cl)cccc5Cl)noc4C4CC4)cc3Cl)C2)c1. The predicted octanol–water partition coefficient (Wildman–Crippen LogP) is 9.39. The molecule has 0 atom stereocenters. The average Bonchev–Trinajstić information content (AvgIpc) is 3.63. The van der Waals surface area contributed by atoms with Crippen LogP contribution in [0.3, 0.4) is 0 Å². The average molecular weight is 572 g/mol. The minimum Gasteiger partial charge on any atom is -0.489 e. The Morgan fingerprint density at radius 2 is 1.65 bits per heavy atom. The number of hydrogen-bond acceptors (Lipinski definition) is 5. The number of nitrogens with zero attached hydrogens (tertiary/aromatic N) is 1. The highest BCUT2D eigenvalue weighted by Crippen LogP contribution is 2.50. The van der Waals surface area contributed by atoms with Gasteiger partial charge in [0, 0.05) is 21.4 Å². The Morgan fingerprint density at radius 3 is 2.35 bits per heavy atom. The van der Waals surface area contributed by atoms with E-state index in [-0.39, 0.29) is 0 Å². The van der Waals surface area contributed by atoms with Crippen LogP contribution in [0.2, 0.25) is 15.1 Å². The van der Waals surface area contributed by atoms with E-state index in [0.29, 0.717) is 51.4 Å². The molecule has 2 aliphatic carbocycles. The second kappa shape index (κ2) is 10.5. The fourth-order valence-electron chi connectivity index (χ4n) is 5.12. The lowest BCUT2D eigenvalue weighted by Crippen LogP contribution is -2.20. The van der Waals surface area contributed by atoms with Gasteiger partial charge in [0.05, 0.1) is 15.6 Å². The summed E-state index contributed by atoms with van der Waals surface area (Å²) in [6.07, 6.45) is 4.31. The van der Waals surface area contributed by atoms with Crippen molar-refractivity contribution in [2.75, 3.05) is 0 Å². The Bertz CT molecular complexity index is 1430. The van der Waals surface area contributed by atoms with Crippen LogP contribution in [0.4, 0.5) is 0 Å². The van der Waals surface area contributed by atoms with E-state index in [1.807, 2.05) is 24.3 Å². The van der Waals surface area contributed by atoms with Gasteiger partial charge in [-0.05, 0) is 97.0 Å². The standard InChI is InChI=1S/C29H25Cl3N2O2S/c30-24-5-2-6-25(31)27(24)28-23(29(36-34-28)16-7-8-16)15-35-20-9-10-22(26(32)14-20)19-11-18(12-19)17-3-1-4-21(13-17)37-33/h1-6,9-10,13-14,16,18-19H,7-8,11-12,15,33H2. The van der Waals surface area contributed by atoms with Crippen LogP contribution in [-0.4, -0.2) is 5.16 Å². The summed E-state index contributed by atoms with van der Waals surface area (Å²) in [7, 11) is 0. The summed E-state index contributed by atoms with van der Waals surface area (Å²) in [5, 5.41) is 11.9. The van der Waals surface area contributed by atoms with E-state index >= 15 is 0 Å². The van der Waals surface area contributed by atoms with Crippen LogP contribution in [0.5, 0.6) is 5.75 Å². The quantitative estimate of drug-likeness (QED) is 0.213. The maximum atomic E-state index is 6.73. The van der Waals surface area contributed by atoms with Gasteiger partial charge in [0.15, 0.2) is 0 Å². The van der Waals surface area contributed by atoms with Crippen molar-refractivity contribution in [3.8, 4) is 17.0 Å². The Labute approximate surface area is 235 Å². The highest BCUT2D eigenvalue weighted by atomic mass is 35.5. The lowest BCUT2D eigenvalue weighted by atomic mass is 9.68. The van der Waals surface area contributed by atoms with Gasteiger partial charge in [-0.25, -0.2) is 0 Å². The summed E-state index contributed by atoms with van der Waals surface area (Å²) < 4.78 is 12.0. The van der Waals surface area contributed by atoms with Crippen molar-refractivity contribution in [3.63, 3.8) is 0 Å². The summed E-state index contributed by atoms with van der Waals surface area (Å²) >= 11 is 21.0. The molecule has 4 nitrogen and oxygen atoms in total. The van der Waals surface area contributed by atoms with E-state index in [0.717, 1.165) is 46.9 Å². The molecule has 0 amide bonds. The van der Waals surface area contributed by atoms with Crippen molar-refractivity contribution in [1.82, 2.24) is 5.16 Å². The van der Waals surface area contributed by atoms with Crippen LogP contribution in [0.15, 0.2) is 70.1 Å². The third-order valence-corrected chi connectivity index (χ3v) is 8.85. The first kappa shape index (κ1) is 25.1. The van der Waals surface area contributed by atoms with Crippen molar-refractivity contribution in [2.45, 2.75) is 54.9 Å². The predicted molar refractivity (Wildman–Crippen MR) is 151 cm³/mol. The molecule has 0 spiro atoms. The van der Waals surface area contributed by atoms with Gasteiger partial charge in [0.2, 0.25) is 0 Å². The van der Waals surface area contributed by atoms with E-state index in [4.69, 9.17) is 49.2 Å².